The Balaban J connectivity index is 0.983. The van der Waals surface area contributed by atoms with Crippen molar-refractivity contribution < 1.29 is 0 Å². The highest BCUT2D eigenvalue weighted by Crippen LogP contribution is 2.46. The Bertz CT molecular complexity index is 1210. The van der Waals surface area contributed by atoms with Crippen LogP contribution in [0.2, 0.25) is 0 Å². The summed E-state index contributed by atoms with van der Waals surface area (Å²) in [5.74, 6) is 0.568. The Morgan fingerprint density at radius 1 is 0.543 bits per heavy atom. The van der Waals surface area contributed by atoms with E-state index >= 15 is 0 Å². The first-order valence-electron chi connectivity index (χ1n) is 13.2. The minimum absolute atomic E-state index is 0.568. The Labute approximate surface area is 209 Å². The van der Waals surface area contributed by atoms with Crippen molar-refractivity contribution >= 4 is 5.69 Å². The van der Waals surface area contributed by atoms with Crippen molar-refractivity contribution in [3.63, 3.8) is 0 Å². The zero-order chi connectivity index (χ0) is 23.5. The van der Waals surface area contributed by atoms with Gasteiger partial charge in [-0.2, -0.15) is 0 Å². The normalized spacial score (nSPS) is 15.7. The van der Waals surface area contributed by atoms with Gasteiger partial charge in [-0.3, -0.25) is 4.90 Å². The van der Waals surface area contributed by atoms with E-state index in [9.17, 15) is 0 Å². The fourth-order valence-electron chi connectivity index (χ4n) is 5.98. The average Bonchev–Trinajstić information content (AvgIpc) is 3.26. The van der Waals surface area contributed by atoms with Crippen LogP contribution in [-0.4, -0.2) is 37.6 Å². The van der Waals surface area contributed by atoms with Gasteiger partial charge in [-0.15, -0.1) is 0 Å². The minimum Gasteiger partial charge on any atom is -0.369 e. The van der Waals surface area contributed by atoms with Gasteiger partial charge in [0.2, 0.25) is 0 Å². The van der Waals surface area contributed by atoms with E-state index < -0.39 is 0 Å². The molecule has 2 heteroatoms. The maximum absolute atomic E-state index is 2.66. The van der Waals surface area contributed by atoms with Crippen LogP contribution < -0.4 is 4.90 Å². The Hall–Kier alpha value is -3.36. The number of benzene rings is 4. The summed E-state index contributed by atoms with van der Waals surface area (Å²) in [4.78, 5) is 5.20. The summed E-state index contributed by atoms with van der Waals surface area (Å²) in [5, 5.41) is 0. The van der Waals surface area contributed by atoms with Gasteiger partial charge in [-0.05, 0) is 64.9 Å². The largest absolute Gasteiger partial charge is 0.369 e. The average molecular weight is 459 g/mol. The lowest BCUT2D eigenvalue weighted by molar-refractivity contribution is 0.252. The number of hydrogen-bond donors (Lipinski definition) is 0. The third-order valence-electron chi connectivity index (χ3n) is 7.89. The highest BCUT2D eigenvalue weighted by Gasteiger charge is 2.27. The van der Waals surface area contributed by atoms with Crippen molar-refractivity contribution in [3.8, 4) is 22.3 Å². The third kappa shape index (κ3) is 4.63. The van der Waals surface area contributed by atoms with Crippen LogP contribution in [0.25, 0.3) is 22.3 Å². The quantitative estimate of drug-likeness (QED) is 0.265. The van der Waals surface area contributed by atoms with Crippen LogP contribution in [0.5, 0.6) is 0 Å². The van der Waals surface area contributed by atoms with Crippen LogP contribution in [0.4, 0.5) is 5.69 Å². The third-order valence-corrected chi connectivity index (χ3v) is 7.89. The summed E-state index contributed by atoms with van der Waals surface area (Å²) < 4.78 is 0. The maximum Gasteiger partial charge on any atom is 0.0367 e. The predicted octanol–water partition coefficient (Wildman–Crippen LogP) is 7.46. The van der Waals surface area contributed by atoms with Crippen molar-refractivity contribution in [3.05, 3.63) is 114 Å². The second kappa shape index (κ2) is 10.1. The molecule has 0 N–H and O–H groups in total. The van der Waals surface area contributed by atoms with Crippen LogP contribution in [0.15, 0.2) is 103 Å². The molecule has 176 valence electrons. The summed E-state index contributed by atoms with van der Waals surface area (Å²) in [6, 6.07) is 37.8. The lowest BCUT2D eigenvalue weighted by atomic mass is 9.91. The predicted molar refractivity (Wildman–Crippen MR) is 148 cm³/mol. The van der Waals surface area contributed by atoms with Crippen LogP contribution >= 0.6 is 0 Å². The first-order chi connectivity index (χ1) is 17.4. The van der Waals surface area contributed by atoms with E-state index in [1.165, 1.54) is 64.9 Å². The molecule has 0 amide bonds. The molecule has 2 nitrogen and oxygen atoms in total. The molecule has 1 saturated heterocycles. The highest BCUT2D eigenvalue weighted by molar-refractivity contribution is 5.78. The Morgan fingerprint density at radius 2 is 1.11 bits per heavy atom. The van der Waals surface area contributed by atoms with Crippen LogP contribution in [-0.2, 0) is 0 Å². The molecule has 1 aliphatic heterocycles. The fourth-order valence-corrected chi connectivity index (χ4v) is 5.98. The molecule has 35 heavy (non-hydrogen) atoms. The molecule has 1 aliphatic carbocycles. The van der Waals surface area contributed by atoms with E-state index in [1.807, 2.05) is 0 Å². The number of nitrogens with zero attached hydrogens (tertiary/aromatic N) is 2. The highest BCUT2D eigenvalue weighted by atomic mass is 15.3. The molecule has 1 heterocycles. The lowest BCUT2D eigenvalue weighted by Gasteiger charge is -2.36. The number of fused-ring (bicyclic) bond motifs is 3. The summed E-state index contributed by atoms with van der Waals surface area (Å²) >= 11 is 0. The molecule has 0 atom stereocenters. The van der Waals surface area contributed by atoms with Gasteiger partial charge in [-0.25, -0.2) is 0 Å². The monoisotopic (exact) mass is 458 g/mol. The first-order valence-corrected chi connectivity index (χ1v) is 13.2. The van der Waals surface area contributed by atoms with Crippen molar-refractivity contribution in [1.29, 1.82) is 0 Å². The molecular formula is C33H34N2. The molecule has 4 aromatic carbocycles. The number of rotatable bonds is 7. The summed E-state index contributed by atoms with van der Waals surface area (Å²) in [6.07, 6.45) is 3.82. The van der Waals surface area contributed by atoms with E-state index in [2.05, 4.69) is 113 Å². The van der Waals surface area contributed by atoms with Gasteiger partial charge in [0, 0.05) is 37.8 Å². The van der Waals surface area contributed by atoms with E-state index in [-0.39, 0.29) is 0 Å². The molecule has 0 spiro atoms. The van der Waals surface area contributed by atoms with Gasteiger partial charge in [0.05, 0.1) is 0 Å². The van der Waals surface area contributed by atoms with Crippen LogP contribution in [0, 0.1) is 0 Å². The standard InChI is InChI=1S/C33H34N2/c1-2-10-26(11-3-1)27-17-19-28(20-18-27)35-24-22-34(23-25-35)21-9-8-16-33-31-14-6-4-12-29(31)30-13-5-7-15-32(30)33/h1-7,10-15,17-20,33H,8-9,16,21-25H2. The van der Waals surface area contributed by atoms with Gasteiger partial charge in [0.15, 0.2) is 0 Å². The molecule has 1 fully saturated rings. The number of unbranched alkanes of at least 4 members (excludes halogenated alkanes) is 1. The second-order valence-electron chi connectivity index (χ2n) is 9.96. The van der Waals surface area contributed by atoms with Crippen LogP contribution in [0.1, 0.15) is 36.3 Å². The zero-order valence-electron chi connectivity index (χ0n) is 20.4. The summed E-state index contributed by atoms with van der Waals surface area (Å²) in [7, 11) is 0. The van der Waals surface area contributed by atoms with Crippen molar-refractivity contribution in [1.82, 2.24) is 4.90 Å². The summed E-state index contributed by atoms with van der Waals surface area (Å²) in [6.45, 7) is 5.78. The Morgan fingerprint density at radius 3 is 1.77 bits per heavy atom. The van der Waals surface area contributed by atoms with Crippen molar-refractivity contribution in [2.24, 2.45) is 0 Å². The minimum atomic E-state index is 0.568. The van der Waals surface area contributed by atoms with Crippen LogP contribution in [0.3, 0.4) is 0 Å². The van der Waals surface area contributed by atoms with Gasteiger partial charge < -0.3 is 4.90 Å². The number of anilines is 1. The molecule has 2 aliphatic rings. The summed E-state index contributed by atoms with van der Waals surface area (Å²) in [5.41, 5.74) is 9.88. The Kier molecular flexibility index (Phi) is 6.38. The van der Waals surface area contributed by atoms with E-state index in [0.717, 1.165) is 26.2 Å². The van der Waals surface area contributed by atoms with Gasteiger partial charge >= 0.3 is 0 Å². The number of piperazine rings is 1. The lowest BCUT2D eigenvalue weighted by Crippen LogP contribution is -2.46. The molecule has 0 radical (unpaired) electrons. The van der Waals surface area contributed by atoms with E-state index in [0.29, 0.717) is 5.92 Å². The smallest absolute Gasteiger partial charge is 0.0367 e. The van der Waals surface area contributed by atoms with Crippen molar-refractivity contribution in [2.45, 2.75) is 25.2 Å². The molecule has 6 rings (SSSR count). The SMILES string of the molecule is c1ccc(-c2ccc(N3CCN(CCCCC4c5ccccc5-c5ccccc54)CC3)cc2)cc1. The zero-order valence-corrected chi connectivity index (χ0v) is 20.4. The second-order valence-corrected chi connectivity index (χ2v) is 9.96. The number of hydrogen-bond acceptors (Lipinski definition) is 2. The molecular weight excluding hydrogens is 424 g/mol. The van der Waals surface area contributed by atoms with E-state index in [4.69, 9.17) is 0 Å². The van der Waals surface area contributed by atoms with Gasteiger partial charge in [-0.1, -0.05) is 97.4 Å². The molecule has 0 aromatic heterocycles. The van der Waals surface area contributed by atoms with E-state index in [1.54, 1.807) is 0 Å². The maximum atomic E-state index is 2.66. The molecule has 0 unspecified atom stereocenters. The van der Waals surface area contributed by atoms with Gasteiger partial charge in [0.25, 0.3) is 0 Å². The fraction of sp³-hybridized carbons (Fsp3) is 0.273. The van der Waals surface area contributed by atoms with Crippen molar-refractivity contribution in [2.75, 3.05) is 37.6 Å². The van der Waals surface area contributed by atoms with Gasteiger partial charge in [0.1, 0.15) is 0 Å². The first kappa shape index (κ1) is 22.1. The topological polar surface area (TPSA) is 6.48 Å². The molecule has 0 saturated carbocycles. The molecule has 4 aromatic rings. The molecule has 0 bridgehead atoms.